The maximum atomic E-state index is 5.41. The van der Waals surface area contributed by atoms with Crippen LogP contribution < -0.4 is 0 Å². The van der Waals surface area contributed by atoms with Gasteiger partial charge in [0.05, 0.1) is 0 Å². The van der Waals surface area contributed by atoms with E-state index in [9.17, 15) is 0 Å². The van der Waals surface area contributed by atoms with Gasteiger partial charge in [-0.3, -0.25) is 0 Å². The van der Waals surface area contributed by atoms with Crippen molar-refractivity contribution in [1.29, 1.82) is 0 Å². The molecule has 2 unspecified atom stereocenters. The van der Waals surface area contributed by atoms with E-state index in [1.807, 2.05) is 0 Å². The lowest BCUT2D eigenvalue weighted by Gasteiger charge is -2.43. The highest BCUT2D eigenvalue weighted by molar-refractivity contribution is 4.98. The molecule has 1 aliphatic heterocycles. The standard InChI is InChI=1S/C15H28O2/c1-5-6-7-8-9-13-14(3,4)10-12(2)11-15(13)16-17-15/h12-13H,5-11H2,1-4H3. The van der Waals surface area contributed by atoms with Crippen molar-refractivity contribution in [2.45, 2.75) is 78.4 Å². The van der Waals surface area contributed by atoms with Crippen LogP contribution in [0.3, 0.4) is 0 Å². The van der Waals surface area contributed by atoms with Crippen molar-refractivity contribution in [3.05, 3.63) is 0 Å². The summed E-state index contributed by atoms with van der Waals surface area (Å²) < 4.78 is 0. The largest absolute Gasteiger partial charge is 0.237 e. The molecule has 1 saturated carbocycles. The normalized spacial score (nSPS) is 33.9. The third-order valence-corrected chi connectivity index (χ3v) is 4.63. The fraction of sp³-hybridized carbons (Fsp3) is 1.00. The van der Waals surface area contributed by atoms with Crippen molar-refractivity contribution in [3.63, 3.8) is 0 Å². The quantitative estimate of drug-likeness (QED) is 0.396. The summed E-state index contributed by atoms with van der Waals surface area (Å²) in [4.78, 5) is 10.8. The first-order chi connectivity index (χ1) is 8.00. The SMILES string of the molecule is CCCCCCC1C(C)(C)CC(C)CC12OO2. The molecule has 2 rings (SSSR count). The summed E-state index contributed by atoms with van der Waals surface area (Å²) in [5.74, 6) is 1.11. The molecule has 0 radical (unpaired) electrons. The lowest BCUT2D eigenvalue weighted by atomic mass is 9.61. The fourth-order valence-electron chi connectivity index (χ4n) is 3.96. The Morgan fingerprint density at radius 1 is 1.06 bits per heavy atom. The van der Waals surface area contributed by atoms with Crippen molar-refractivity contribution in [2.24, 2.45) is 17.3 Å². The Bertz CT molecular complexity index is 248. The first-order valence-corrected chi connectivity index (χ1v) is 7.37. The van der Waals surface area contributed by atoms with Crippen LogP contribution in [0.25, 0.3) is 0 Å². The highest BCUT2D eigenvalue weighted by atomic mass is 17.4. The zero-order valence-electron chi connectivity index (χ0n) is 11.9. The van der Waals surface area contributed by atoms with Gasteiger partial charge in [0.15, 0.2) is 0 Å². The third kappa shape index (κ3) is 2.85. The van der Waals surface area contributed by atoms with Crippen molar-refractivity contribution >= 4 is 0 Å². The maximum Gasteiger partial charge on any atom is 0.237 e. The van der Waals surface area contributed by atoms with Gasteiger partial charge in [0.25, 0.3) is 0 Å². The van der Waals surface area contributed by atoms with Crippen molar-refractivity contribution in [3.8, 4) is 0 Å². The van der Waals surface area contributed by atoms with Crippen LogP contribution in [0.1, 0.15) is 72.6 Å². The van der Waals surface area contributed by atoms with Crippen LogP contribution in [-0.4, -0.2) is 5.79 Å². The second-order valence-electron chi connectivity index (χ2n) is 6.88. The van der Waals surface area contributed by atoms with Crippen LogP contribution in [0, 0.1) is 17.3 Å². The summed E-state index contributed by atoms with van der Waals surface area (Å²) in [5, 5.41) is 0. The molecule has 0 N–H and O–H groups in total. The summed E-state index contributed by atoms with van der Waals surface area (Å²) in [6, 6.07) is 0. The van der Waals surface area contributed by atoms with Crippen molar-refractivity contribution in [2.75, 3.05) is 0 Å². The van der Waals surface area contributed by atoms with Gasteiger partial charge in [-0.1, -0.05) is 53.4 Å². The van der Waals surface area contributed by atoms with E-state index in [-0.39, 0.29) is 5.79 Å². The van der Waals surface area contributed by atoms with Crippen molar-refractivity contribution < 1.29 is 9.78 Å². The minimum absolute atomic E-state index is 0.201. The van der Waals surface area contributed by atoms with E-state index in [1.54, 1.807) is 0 Å². The van der Waals surface area contributed by atoms with Crippen LogP contribution in [0.5, 0.6) is 0 Å². The fourth-order valence-corrected chi connectivity index (χ4v) is 3.96. The Morgan fingerprint density at radius 3 is 2.35 bits per heavy atom. The predicted molar refractivity (Wildman–Crippen MR) is 69.3 cm³/mol. The molecule has 0 aromatic heterocycles. The van der Waals surface area contributed by atoms with Crippen LogP contribution in [-0.2, 0) is 9.78 Å². The molecule has 0 aromatic rings. The van der Waals surface area contributed by atoms with E-state index in [4.69, 9.17) is 9.78 Å². The Labute approximate surface area is 106 Å². The molecule has 100 valence electrons. The molecular weight excluding hydrogens is 212 g/mol. The molecule has 1 spiro atoms. The molecule has 0 bridgehead atoms. The molecule has 2 nitrogen and oxygen atoms in total. The van der Waals surface area contributed by atoms with Crippen LogP contribution in [0.2, 0.25) is 0 Å². The molecule has 2 fully saturated rings. The average molecular weight is 240 g/mol. The van der Waals surface area contributed by atoms with Crippen LogP contribution in [0.15, 0.2) is 0 Å². The van der Waals surface area contributed by atoms with Gasteiger partial charge in [-0.2, -0.15) is 9.78 Å². The van der Waals surface area contributed by atoms with Gasteiger partial charge < -0.3 is 0 Å². The minimum atomic E-state index is -0.201. The highest BCUT2D eigenvalue weighted by Crippen LogP contribution is 2.58. The molecule has 0 amide bonds. The highest BCUT2D eigenvalue weighted by Gasteiger charge is 2.62. The smallest absolute Gasteiger partial charge is 0.195 e. The minimum Gasteiger partial charge on any atom is -0.195 e. The zero-order chi connectivity index (χ0) is 12.5. The Kier molecular flexibility index (Phi) is 3.84. The molecular formula is C15H28O2. The van der Waals surface area contributed by atoms with E-state index < -0.39 is 0 Å². The summed E-state index contributed by atoms with van der Waals surface area (Å²) in [5.41, 5.74) is 0.361. The number of hydrogen-bond acceptors (Lipinski definition) is 2. The van der Waals surface area contributed by atoms with Gasteiger partial charge in [0, 0.05) is 12.3 Å². The predicted octanol–water partition coefficient (Wildman–Crippen LogP) is 4.69. The Hall–Kier alpha value is -0.0800. The molecule has 1 saturated heterocycles. The molecule has 1 heterocycles. The second-order valence-corrected chi connectivity index (χ2v) is 6.88. The first-order valence-electron chi connectivity index (χ1n) is 7.37. The lowest BCUT2D eigenvalue weighted by molar-refractivity contribution is 0.00426. The summed E-state index contributed by atoms with van der Waals surface area (Å²) in [6.45, 7) is 9.36. The van der Waals surface area contributed by atoms with E-state index in [0.717, 1.165) is 12.3 Å². The van der Waals surface area contributed by atoms with Gasteiger partial charge in [-0.05, 0) is 24.2 Å². The summed E-state index contributed by atoms with van der Waals surface area (Å²) in [6.07, 6.45) is 9.01. The van der Waals surface area contributed by atoms with Gasteiger partial charge in [0.1, 0.15) is 0 Å². The van der Waals surface area contributed by atoms with Gasteiger partial charge in [-0.15, -0.1) is 0 Å². The Balaban J connectivity index is 1.93. The monoisotopic (exact) mass is 240 g/mol. The molecule has 2 atom stereocenters. The van der Waals surface area contributed by atoms with E-state index in [1.165, 1.54) is 38.5 Å². The maximum absolute atomic E-state index is 5.41. The average Bonchev–Trinajstić information content (AvgIpc) is 2.95. The molecule has 1 aliphatic carbocycles. The topological polar surface area (TPSA) is 25.1 Å². The second kappa shape index (κ2) is 4.89. The summed E-state index contributed by atoms with van der Waals surface area (Å²) >= 11 is 0. The third-order valence-electron chi connectivity index (χ3n) is 4.63. The molecule has 2 heteroatoms. The molecule has 17 heavy (non-hydrogen) atoms. The van der Waals surface area contributed by atoms with Crippen LogP contribution in [0.4, 0.5) is 0 Å². The van der Waals surface area contributed by atoms with Crippen LogP contribution >= 0.6 is 0 Å². The lowest BCUT2D eigenvalue weighted by Crippen LogP contribution is -2.43. The number of rotatable bonds is 5. The van der Waals surface area contributed by atoms with Gasteiger partial charge in [0.2, 0.25) is 5.79 Å². The number of unbranched alkanes of at least 4 members (excludes halogenated alkanes) is 3. The zero-order valence-corrected chi connectivity index (χ0v) is 11.9. The van der Waals surface area contributed by atoms with Gasteiger partial charge >= 0.3 is 0 Å². The van der Waals surface area contributed by atoms with E-state index in [0.29, 0.717) is 11.3 Å². The summed E-state index contributed by atoms with van der Waals surface area (Å²) in [7, 11) is 0. The van der Waals surface area contributed by atoms with Crippen molar-refractivity contribution in [1.82, 2.24) is 0 Å². The Morgan fingerprint density at radius 2 is 1.76 bits per heavy atom. The first kappa shape index (κ1) is 13.4. The van der Waals surface area contributed by atoms with Gasteiger partial charge in [-0.25, -0.2) is 0 Å². The molecule has 2 aliphatic rings. The molecule has 0 aromatic carbocycles. The van der Waals surface area contributed by atoms with E-state index >= 15 is 0 Å². The number of hydrogen-bond donors (Lipinski definition) is 0. The van der Waals surface area contributed by atoms with E-state index in [2.05, 4.69) is 27.7 Å².